The number of benzene rings is 1. The molecule has 0 aliphatic heterocycles. The Labute approximate surface area is 159 Å². The molecule has 3 rings (SSSR count). The normalized spacial score (nSPS) is 11.2. The molecule has 0 unspecified atom stereocenters. The zero-order chi connectivity index (χ0) is 17.8. The molecule has 0 bridgehead atoms. The van der Waals surface area contributed by atoms with Gasteiger partial charge in [-0.15, -0.1) is 11.3 Å². The van der Waals surface area contributed by atoms with Crippen molar-refractivity contribution in [1.82, 2.24) is 0 Å². The standard InChI is InChI=1S/C19H14Cl2O3S/c1-12-5-10-18(25-12)16(22)9-8-13-6-7-14(24-13)11-23-17-4-2-3-15(20)19(17)21/h2-10H,11H2,1H3/b9-8+. The zero-order valence-corrected chi connectivity index (χ0v) is 15.6. The Kier molecular flexibility index (Phi) is 5.63. The number of carbonyl (C=O) groups excluding carboxylic acids is 1. The Bertz CT molecular complexity index is 924. The first-order valence-electron chi connectivity index (χ1n) is 7.47. The SMILES string of the molecule is Cc1ccc(C(=O)/C=C/c2ccc(COc3cccc(Cl)c3Cl)o2)s1. The maximum Gasteiger partial charge on any atom is 0.195 e. The molecule has 3 nitrogen and oxygen atoms in total. The summed E-state index contributed by atoms with van der Waals surface area (Å²) in [4.78, 5) is 13.9. The number of hydrogen-bond acceptors (Lipinski definition) is 4. The van der Waals surface area contributed by atoms with Crippen molar-refractivity contribution >= 4 is 46.4 Å². The fraction of sp³-hybridized carbons (Fsp3) is 0.105. The third-order valence-corrected chi connectivity index (χ3v) is 5.17. The molecule has 0 radical (unpaired) electrons. The summed E-state index contributed by atoms with van der Waals surface area (Å²) in [5.74, 6) is 1.65. The van der Waals surface area contributed by atoms with E-state index in [0.717, 1.165) is 4.88 Å². The summed E-state index contributed by atoms with van der Waals surface area (Å²) in [6.07, 6.45) is 3.15. The second-order valence-electron chi connectivity index (χ2n) is 5.25. The van der Waals surface area contributed by atoms with E-state index in [1.165, 1.54) is 17.4 Å². The molecule has 0 N–H and O–H groups in total. The number of carbonyl (C=O) groups is 1. The molecule has 2 heterocycles. The van der Waals surface area contributed by atoms with Gasteiger partial charge in [0.1, 0.15) is 28.9 Å². The zero-order valence-electron chi connectivity index (χ0n) is 13.3. The summed E-state index contributed by atoms with van der Waals surface area (Å²) >= 11 is 13.5. The summed E-state index contributed by atoms with van der Waals surface area (Å²) in [5.41, 5.74) is 0. The Balaban J connectivity index is 1.61. The molecule has 0 aliphatic rings. The van der Waals surface area contributed by atoms with Crippen LogP contribution in [0.5, 0.6) is 5.75 Å². The van der Waals surface area contributed by atoms with Crippen LogP contribution >= 0.6 is 34.5 Å². The van der Waals surface area contributed by atoms with Gasteiger partial charge in [-0.25, -0.2) is 0 Å². The van der Waals surface area contributed by atoms with Crippen molar-refractivity contribution < 1.29 is 13.9 Å². The number of aryl methyl sites for hydroxylation is 1. The highest BCUT2D eigenvalue weighted by atomic mass is 35.5. The van der Waals surface area contributed by atoms with Crippen molar-refractivity contribution in [2.24, 2.45) is 0 Å². The molecule has 2 aromatic heterocycles. The monoisotopic (exact) mass is 392 g/mol. The lowest BCUT2D eigenvalue weighted by Crippen LogP contribution is -1.94. The van der Waals surface area contributed by atoms with Crippen LogP contribution in [0.25, 0.3) is 6.08 Å². The predicted octanol–water partition coefficient (Wildman–Crippen LogP) is 6.43. The Hall–Kier alpha value is -2.01. The average Bonchev–Trinajstić information content (AvgIpc) is 3.23. The van der Waals surface area contributed by atoms with Crippen molar-refractivity contribution in [3.05, 3.63) is 79.9 Å². The summed E-state index contributed by atoms with van der Waals surface area (Å²) in [7, 11) is 0. The van der Waals surface area contributed by atoms with Gasteiger partial charge in [0.05, 0.1) is 9.90 Å². The lowest BCUT2D eigenvalue weighted by Gasteiger charge is -2.06. The molecule has 0 fully saturated rings. The fourth-order valence-electron chi connectivity index (χ4n) is 2.11. The van der Waals surface area contributed by atoms with Gasteiger partial charge in [0.2, 0.25) is 0 Å². The number of ketones is 1. The Morgan fingerprint density at radius 1 is 1.20 bits per heavy atom. The summed E-state index contributed by atoms with van der Waals surface area (Å²) in [6, 6.07) is 12.5. The second-order valence-corrected chi connectivity index (χ2v) is 7.33. The van der Waals surface area contributed by atoms with Crippen molar-refractivity contribution in [2.45, 2.75) is 13.5 Å². The van der Waals surface area contributed by atoms with Crippen LogP contribution in [0.3, 0.4) is 0 Å². The average molecular weight is 393 g/mol. The molecule has 128 valence electrons. The summed E-state index contributed by atoms with van der Waals surface area (Å²) < 4.78 is 11.2. The Morgan fingerprint density at radius 3 is 2.80 bits per heavy atom. The minimum Gasteiger partial charge on any atom is -0.484 e. The number of thiophene rings is 1. The van der Waals surface area contributed by atoms with Crippen LogP contribution < -0.4 is 4.74 Å². The lowest BCUT2D eigenvalue weighted by atomic mass is 10.3. The van der Waals surface area contributed by atoms with Crippen molar-refractivity contribution in [3.8, 4) is 5.75 Å². The molecular weight excluding hydrogens is 379 g/mol. The van der Waals surface area contributed by atoms with Gasteiger partial charge >= 0.3 is 0 Å². The molecule has 0 aliphatic carbocycles. The van der Waals surface area contributed by atoms with Crippen molar-refractivity contribution in [2.75, 3.05) is 0 Å². The maximum atomic E-state index is 12.0. The van der Waals surface area contributed by atoms with Gasteiger partial charge < -0.3 is 9.15 Å². The molecular formula is C19H14Cl2O3S. The topological polar surface area (TPSA) is 39.4 Å². The van der Waals surface area contributed by atoms with E-state index < -0.39 is 0 Å². The minimum atomic E-state index is -0.0435. The van der Waals surface area contributed by atoms with Crippen LogP contribution in [0.1, 0.15) is 26.1 Å². The van der Waals surface area contributed by atoms with Crippen molar-refractivity contribution in [3.63, 3.8) is 0 Å². The van der Waals surface area contributed by atoms with Gasteiger partial charge in [-0.3, -0.25) is 4.79 Å². The van der Waals surface area contributed by atoms with E-state index in [1.807, 2.05) is 19.1 Å². The highest BCUT2D eigenvalue weighted by Gasteiger charge is 2.08. The number of furan rings is 1. The van der Waals surface area contributed by atoms with Crippen LogP contribution in [-0.4, -0.2) is 5.78 Å². The van der Waals surface area contributed by atoms with Crippen LogP contribution in [-0.2, 0) is 6.61 Å². The molecule has 0 spiro atoms. The molecule has 6 heteroatoms. The number of hydrogen-bond donors (Lipinski definition) is 0. The van der Waals surface area contributed by atoms with E-state index in [1.54, 1.807) is 36.4 Å². The third-order valence-electron chi connectivity index (χ3n) is 3.35. The highest BCUT2D eigenvalue weighted by molar-refractivity contribution is 7.14. The molecule has 25 heavy (non-hydrogen) atoms. The Morgan fingerprint density at radius 2 is 2.04 bits per heavy atom. The first-order valence-corrected chi connectivity index (χ1v) is 9.04. The second kappa shape index (κ2) is 7.91. The van der Waals surface area contributed by atoms with E-state index in [4.69, 9.17) is 32.4 Å². The number of allylic oxidation sites excluding steroid dienone is 1. The van der Waals surface area contributed by atoms with Crippen LogP contribution in [0.4, 0.5) is 0 Å². The smallest absolute Gasteiger partial charge is 0.195 e. The summed E-state index contributed by atoms with van der Waals surface area (Å²) in [6.45, 7) is 2.18. The highest BCUT2D eigenvalue weighted by Crippen LogP contribution is 2.32. The molecule has 0 atom stereocenters. The molecule has 3 aromatic rings. The minimum absolute atomic E-state index is 0.0435. The van der Waals surface area contributed by atoms with Gasteiger partial charge in [0, 0.05) is 4.88 Å². The number of ether oxygens (including phenoxy) is 1. The molecule has 0 saturated carbocycles. The van der Waals surface area contributed by atoms with Crippen LogP contribution in [0.15, 0.2) is 53.0 Å². The number of halogens is 2. The van der Waals surface area contributed by atoms with Gasteiger partial charge in [-0.1, -0.05) is 29.3 Å². The summed E-state index contributed by atoms with van der Waals surface area (Å²) in [5, 5.41) is 0.803. The largest absolute Gasteiger partial charge is 0.484 e. The van der Waals surface area contributed by atoms with Gasteiger partial charge in [0.25, 0.3) is 0 Å². The predicted molar refractivity (Wildman–Crippen MR) is 102 cm³/mol. The van der Waals surface area contributed by atoms with Gasteiger partial charge in [-0.05, 0) is 55.5 Å². The quantitative estimate of drug-likeness (QED) is 0.358. The van der Waals surface area contributed by atoms with E-state index >= 15 is 0 Å². The van der Waals surface area contributed by atoms with E-state index in [2.05, 4.69) is 0 Å². The first kappa shape index (κ1) is 17.8. The van der Waals surface area contributed by atoms with Crippen LogP contribution in [0, 0.1) is 6.92 Å². The van der Waals surface area contributed by atoms with E-state index in [-0.39, 0.29) is 12.4 Å². The first-order chi connectivity index (χ1) is 12.0. The van der Waals surface area contributed by atoms with E-state index in [9.17, 15) is 4.79 Å². The van der Waals surface area contributed by atoms with E-state index in [0.29, 0.717) is 32.2 Å². The third kappa shape index (κ3) is 4.54. The number of rotatable bonds is 6. The molecule has 0 saturated heterocycles. The van der Waals surface area contributed by atoms with Gasteiger partial charge in [0.15, 0.2) is 5.78 Å². The lowest BCUT2D eigenvalue weighted by molar-refractivity contribution is 0.105. The fourth-order valence-corrected chi connectivity index (χ4v) is 3.25. The van der Waals surface area contributed by atoms with Gasteiger partial charge in [-0.2, -0.15) is 0 Å². The molecule has 1 aromatic carbocycles. The van der Waals surface area contributed by atoms with Crippen LogP contribution in [0.2, 0.25) is 10.0 Å². The molecule has 0 amide bonds. The van der Waals surface area contributed by atoms with Crippen molar-refractivity contribution in [1.29, 1.82) is 0 Å². The maximum absolute atomic E-state index is 12.0.